The minimum atomic E-state index is -0.536. The number of aromatic nitrogens is 5. The molecule has 0 saturated heterocycles. The van der Waals surface area contributed by atoms with Crippen LogP contribution in [-0.2, 0) is 0 Å². The smallest absolute Gasteiger partial charge is 0.263 e. The Hall–Kier alpha value is -5.06. The average Bonchev–Trinajstić information content (AvgIpc) is 3.50. The molecule has 0 aliphatic heterocycles. The first kappa shape index (κ1) is 20.8. The Labute approximate surface area is 191 Å². The van der Waals surface area contributed by atoms with Crippen LogP contribution in [0.3, 0.4) is 0 Å². The van der Waals surface area contributed by atoms with Gasteiger partial charge in [0, 0.05) is 18.6 Å². The average molecular weight is 457 g/mol. The summed E-state index contributed by atoms with van der Waals surface area (Å²) in [7, 11) is 0. The molecule has 0 spiro atoms. The van der Waals surface area contributed by atoms with E-state index in [1.807, 2.05) is 0 Å². The van der Waals surface area contributed by atoms with Crippen LogP contribution in [0.25, 0.3) is 11.0 Å². The summed E-state index contributed by atoms with van der Waals surface area (Å²) in [5.41, 5.74) is 1.36. The lowest BCUT2D eigenvalue weighted by Crippen LogP contribution is -2.15. The number of ether oxygens (including phenoxy) is 1. The highest BCUT2D eigenvalue weighted by Crippen LogP contribution is 2.25. The molecule has 2 aromatic carbocycles. The number of pyridine rings is 1. The number of para-hydroxylation sites is 1. The fourth-order valence-corrected chi connectivity index (χ4v) is 3.22. The van der Waals surface area contributed by atoms with Crippen molar-refractivity contribution >= 4 is 34.7 Å². The number of fused-ring (bicyclic) bond motifs is 1. The summed E-state index contributed by atoms with van der Waals surface area (Å²) in [4.78, 5) is 43.8. The number of aromatic amines is 2. The number of carbonyl (C=O) groups excluding carboxylic acids is 2. The number of imidazole rings is 2. The highest BCUT2D eigenvalue weighted by atomic mass is 19.1. The summed E-state index contributed by atoms with van der Waals surface area (Å²) in [6, 6.07) is 13.5. The predicted molar refractivity (Wildman–Crippen MR) is 121 cm³/mol. The van der Waals surface area contributed by atoms with E-state index in [2.05, 4.69) is 35.6 Å². The van der Waals surface area contributed by atoms with Gasteiger partial charge in [0.1, 0.15) is 22.6 Å². The quantitative estimate of drug-likeness (QED) is 0.303. The minimum Gasteiger partial charge on any atom is -0.438 e. The van der Waals surface area contributed by atoms with Crippen molar-refractivity contribution in [2.75, 3.05) is 10.6 Å². The Morgan fingerprint density at radius 3 is 2.41 bits per heavy atom. The van der Waals surface area contributed by atoms with Crippen LogP contribution in [0, 0.1) is 5.82 Å². The fraction of sp³-hybridized carbons (Fsp3) is 0. The van der Waals surface area contributed by atoms with Crippen LogP contribution in [0.15, 0.2) is 73.2 Å². The summed E-state index contributed by atoms with van der Waals surface area (Å²) in [6.45, 7) is 0. The van der Waals surface area contributed by atoms with E-state index >= 15 is 0 Å². The predicted octanol–water partition coefficient (Wildman–Crippen LogP) is 4.12. The molecule has 3 heterocycles. The number of nitrogens with one attached hydrogen (secondary N) is 4. The first-order chi connectivity index (χ1) is 16.6. The van der Waals surface area contributed by atoms with Crippen LogP contribution in [0.1, 0.15) is 20.7 Å². The second-order valence-electron chi connectivity index (χ2n) is 7.05. The summed E-state index contributed by atoms with van der Waals surface area (Å²) < 4.78 is 18.8. The van der Waals surface area contributed by atoms with E-state index in [1.165, 1.54) is 42.7 Å². The maximum absolute atomic E-state index is 13.2. The fourth-order valence-electron chi connectivity index (χ4n) is 3.22. The van der Waals surface area contributed by atoms with Crippen LogP contribution >= 0.6 is 0 Å². The van der Waals surface area contributed by atoms with Gasteiger partial charge in [0.05, 0.1) is 11.1 Å². The van der Waals surface area contributed by atoms with E-state index in [0.29, 0.717) is 28.3 Å². The van der Waals surface area contributed by atoms with Crippen molar-refractivity contribution in [1.29, 1.82) is 0 Å². The van der Waals surface area contributed by atoms with Crippen LogP contribution < -0.4 is 15.4 Å². The molecule has 4 N–H and O–H groups in total. The second kappa shape index (κ2) is 8.82. The van der Waals surface area contributed by atoms with E-state index in [4.69, 9.17) is 4.74 Å². The number of amides is 2. The van der Waals surface area contributed by atoms with Crippen LogP contribution in [-0.4, -0.2) is 36.7 Å². The SMILES string of the molecule is O=C(Nc1nc2c(C(=O)Nc3ncc[nH]3)cccc2[nH]1)c1cccnc1Oc1ccc(F)cc1. The lowest BCUT2D eigenvalue weighted by atomic mass is 10.2. The first-order valence-electron chi connectivity index (χ1n) is 10.1. The molecule has 5 aromatic rings. The number of benzene rings is 2. The van der Waals surface area contributed by atoms with E-state index in [-0.39, 0.29) is 17.4 Å². The first-order valence-corrected chi connectivity index (χ1v) is 10.1. The zero-order valence-electron chi connectivity index (χ0n) is 17.4. The van der Waals surface area contributed by atoms with Gasteiger partial charge in [0.25, 0.3) is 11.8 Å². The molecule has 11 heteroatoms. The number of nitrogens with zero attached hydrogens (tertiary/aromatic N) is 3. The van der Waals surface area contributed by atoms with Gasteiger partial charge in [-0.1, -0.05) is 6.07 Å². The molecule has 0 fully saturated rings. The lowest BCUT2D eigenvalue weighted by molar-refractivity contribution is 0.101. The number of H-pyrrole nitrogens is 2. The molecule has 0 bridgehead atoms. The largest absolute Gasteiger partial charge is 0.438 e. The van der Waals surface area contributed by atoms with E-state index in [9.17, 15) is 14.0 Å². The van der Waals surface area contributed by atoms with Gasteiger partial charge in [-0.2, -0.15) is 0 Å². The highest BCUT2D eigenvalue weighted by molar-refractivity contribution is 6.12. The Balaban J connectivity index is 1.38. The van der Waals surface area contributed by atoms with E-state index in [1.54, 1.807) is 30.5 Å². The Morgan fingerprint density at radius 1 is 0.853 bits per heavy atom. The zero-order valence-corrected chi connectivity index (χ0v) is 17.4. The molecule has 34 heavy (non-hydrogen) atoms. The molecule has 10 nitrogen and oxygen atoms in total. The van der Waals surface area contributed by atoms with Crippen LogP contribution in [0.5, 0.6) is 11.6 Å². The van der Waals surface area contributed by atoms with Crippen molar-refractivity contribution in [1.82, 2.24) is 24.9 Å². The summed E-state index contributed by atoms with van der Waals surface area (Å²) in [6.07, 6.45) is 4.58. The molecule has 0 aliphatic carbocycles. The number of rotatable bonds is 6. The summed E-state index contributed by atoms with van der Waals surface area (Å²) in [5.74, 6) is -0.552. The second-order valence-corrected chi connectivity index (χ2v) is 7.05. The third-order valence-corrected chi connectivity index (χ3v) is 4.76. The maximum atomic E-state index is 13.2. The Bertz CT molecular complexity index is 1480. The Morgan fingerprint density at radius 2 is 1.62 bits per heavy atom. The monoisotopic (exact) mass is 457 g/mol. The minimum absolute atomic E-state index is 0.0428. The molecule has 0 aliphatic rings. The van der Waals surface area contributed by atoms with Gasteiger partial charge in [0.15, 0.2) is 0 Å². The van der Waals surface area contributed by atoms with Crippen molar-refractivity contribution in [3.63, 3.8) is 0 Å². The molecule has 168 valence electrons. The lowest BCUT2D eigenvalue weighted by Gasteiger charge is -2.09. The number of carbonyl (C=O) groups is 2. The van der Waals surface area contributed by atoms with Gasteiger partial charge >= 0.3 is 0 Å². The summed E-state index contributed by atoms with van der Waals surface area (Å²) in [5, 5.41) is 5.30. The van der Waals surface area contributed by atoms with Gasteiger partial charge in [-0.25, -0.2) is 19.3 Å². The van der Waals surface area contributed by atoms with Crippen molar-refractivity contribution in [3.8, 4) is 11.6 Å². The van der Waals surface area contributed by atoms with Crippen molar-refractivity contribution < 1.29 is 18.7 Å². The van der Waals surface area contributed by atoms with Crippen molar-refractivity contribution in [2.45, 2.75) is 0 Å². The van der Waals surface area contributed by atoms with E-state index < -0.39 is 17.6 Å². The molecule has 0 radical (unpaired) electrons. The Kier molecular flexibility index (Phi) is 5.40. The molecular weight excluding hydrogens is 441 g/mol. The van der Waals surface area contributed by atoms with Crippen molar-refractivity contribution in [2.24, 2.45) is 0 Å². The third-order valence-electron chi connectivity index (χ3n) is 4.76. The number of halogens is 1. The van der Waals surface area contributed by atoms with Crippen LogP contribution in [0.4, 0.5) is 16.3 Å². The van der Waals surface area contributed by atoms with Gasteiger partial charge in [-0.3, -0.25) is 20.2 Å². The van der Waals surface area contributed by atoms with Gasteiger partial charge in [-0.05, 0) is 48.5 Å². The molecule has 2 amide bonds. The molecule has 0 atom stereocenters. The topological polar surface area (TPSA) is 138 Å². The standard InChI is InChI=1S/C23H16FN7O3/c24-13-6-8-14(9-7-13)34-21-16(4-2-10-25-21)20(33)31-23-28-17-5-1-3-15(18(17)29-23)19(32)30-22-26-11-12-27-22/h1-12H,(H2,26,27,30,32)(H2,28,29,31,33). The highest BCUT2D eigenvalue weighted by Gasteiger charge is 2.18. The number of hydrogen-bond donors (Lipinski definition) is 4. The normalized spacial score (nSPS) is 10.7. The molecule has 3 aromatic heterocycles. The number of hydrogen-bond acceptors (Lipinski definition) is 6. The summed E-state index contributed by atoms with van der Waals surface area (Å²) >= 11 is 0. The van der Waals surface area contributed by atoms with Gasteiger partial charge in [0.2, 0.25) is 17.8 Å². The molecule has 5 rings (SSSR count). The number of anilines is 2. The van der Waals surface area contributed by atoms with E-state index in [0.717, 1.165) is 0 Å². The third kappa shape index (κ3) is 4.30. The van der Waals surface area contributed by atoms with Gasteiger partial charge in [-0.15, -0.1) is 0 Å². The van der Waals surface area contributed by atoms with Crippen LogP contribution in [0.2, 0.25) is 0 Å². The van der Waals surface area contributed by atoms with Gasteiger partial charge < -0.3 is 14.7 Å². The molecule has 0 unspecified atom stereocenters. The molecule has 0 saturated carbocycles. The maximum Gasteiger partial charge on any atom is 0.263 e. The zero-order chi connectivity index (χ0) is 23.5. The van der Waals surface area contributed by atoms with Crippen molar-refractivity contribution in [3.05, 3.63) is 90.1 Å². The molecular formula is C23H16FN7O3.